The summed E-state index contributed by atoms with van der Waals surface area (Å²) in [7, 11) is 0. The van der Waals surface area contributed by atoms with E-state index in [1.807, 2.05) is 26.1 Å². The van der Waals surface area contributed by atoms with Crippen LogP contribution in [0.5, 0.6) is 0 Å². The van der Waals surface area contributed by atoms with Gasteiger partial charge in [0.15, 0.2) is 0 Å². The monoisotopic (exact) mass is 202 g/mol. The maximum atomic E-state index is 4.23. The number of rotatable bonds is 3. The summed E-state index contributed by atoms with van der Waals surface area (Å²) >= 11 is 0. The van der Waals surface area contributed by atoms with E-state index in [9.17, 15) is 0 Å². The first-order valence-corrected chi connectivity index (χ1v) is 4.91. The van der Waals surface area contributed by atoms with Gasteiger partial charge in [0.2, 0.25) is 5.95 Å². The van der Waals surface area contributed by atoms with Crippen molar-refractivity contribution in [3.63, 3.8) is 0 Å². The molecule has 0 unspecified atom stereocenters. The van der Waals surface area contributed by atoms with Gasteiger partial charge in [-0.15, -0.1) is 0 Å². The number of nitrogens with one attached hydrogen (secondary N) is 2. The van der Waals surface area contributed by atoms with E-state index in [1.165, 1.54) is 0 Å². The normalized spacial score (nSPS) is 10.3. The van der Waals surface area contributed by atoms with E-state index in [-0.39, 0.29) is 0 Å². The SMILES string of the molecule is Cc1ccc(CNc2ncc(C)[nH]2)cn1. The van der Waals surface area contributed by atoms with Gasteiger partial charge in [0.05, 0.1) is 0 Å². The lowest BCUT2D eigenvalue weighted by Gasteiger charge is -2.02. The molecule has 4 nitrogen and oxygen atoms in total. The van der Waals surface area contributed by atoms with Crippen molar-refractivity contribution in [2.24, 2.45) is 0 Å². The first-order chi connectivity index (χ1) is 7.24. The van der Waals surface area contributed by atoms with Crippen LogP contribution in [0.25, 0.3) is 0 Å². The Morgan fingerprint density at radius 1 is 1.20 bits per heavy atom. The molecular weight excluding hydrogens is 188 g/mol. The molecule has 2 heterocycles. The number of hydrogen-bond acceptors (Lipinski definition) is 3. The smallest absolute Gasteiger partial charge is 0.200 e. The van der Waals surface area contributed by atoms with Crippen LogP contribution in [0.4, 0.5) is 5.95 Å². The molecule has 0 radical (unpaired) electrons. The number of anilines is 1. The fraction of sp³-hybridized carbons (Fsp3) is 0.273. The van der Waals surface area contributed by atoms with Gasteiger partial charge >= 0.3 is 0 Å². The highest BCUT2D eigenvalue weighted by atomic mass is 15.1. The molecule has 15 heavy (non-hydrogen) atoms. The quantitative estimate of drug-likeness (QED) is 0.800. The Kier molecular flexibility index (Phi) is 2.67. The van der Waals surface area contributed by atoms with Crippen LogP contribution in [0.2, 0.25) is 0 Å². The summed E-state index contributed by atoms with van der Waals surface area (Å²) in [6, 6.07) is 4.07. The van der Waals surface area contributed by atoms with Crippen molar-refractivity contribution in [2.45, 2.75) is 20.4 Å². The second kappa shape index (κ2) is 4.13. The summed E-state index contributed by atoms with van der Waals surface area (Å²) in [5.74, 6) is 0.799. The maximum absolute atomic E-state index is 4.23. The minimum atomic E-state index is 0.736. The zero-order valence-corrected chi connectivity index (χ0v) is 8.91. The second-order valence-electron chi connectivity index (χ2n) is 3.58. The molecule has 0 saturated heterocycles. The first-order valence-electron chi connectivity index (χ1n) is 4.91. The summed E-state index contributed by atoms with van der Waals surface area (Å²) in [6.45, 7) is 4.69. The van der Waals surface area contributed by atoms with E-state index in [0.717, 1.165) is 29.4 Å². The van der Waals surface area contributed by atoms with Crippen LogP contribution < -0.4 is 5.32 Å². The van der Waals surface area contributed by atoms with Crippen molar-refractivity contribution in [2.75, 3.05) is 5.32 Å². The van der Waals surface area contributed by atoms with Gasteiger partial charge < -0.3 is 10.3 Å². The number of aryl methyl sites for hydroxylation is 2. The first kappa shape index (κ1) is 9.71. The molecular formula is C11H14N4. The fourth-order valence-electron chi connectivity index (χ4n) is 1.29. The Morgan fingerprint density at radius 2 is 2.07 bits per heavy atom. The molecule has 0 atom stereocenters. The molecule has 0 saturated carbocycles. The summed E-state index contributed by atoms with van der Waals surface area (Å²) in [5.41, 5.74) is 3.24. The molecule has 0 bridgehead atoms. The third-order valence-corrected chi connectivity index (χ3v) is 2.14. The number of hydrogen-bond donors (Lipinski definition) is 2. The van der Waals surface area contributed by atoms with E-state index in [2.05, 4.69) is 26.3 Å². The summed E-state index contributed by atoms with van der Waals surface area (Å²) < 4.78 is 0. The molecule has 0 aliphatic heterocycles. The molecule has 2 aromatic rings. The highest BCUT2D eigenvalue weighted by Gasteiger charge is 1.97. The number of pyridine rings is 1. The fourth-order valence-corrected chi connectivity index (χ4v) is 1.29. The summed E-state index contributed by atoms with van der Waals surface area (Å²) in [4.78, 5) is 11.5. The van der Waals surface area contributed by atoms with Crippen LogP contribution in [0.15, 0.2) is 24.5 Å². The van der Waals surface area contributed by atoms with Crippen molar-refractivity contribution in [1.29, 1.82) is 0 Å². The van der Waals surface area contributed by atoms with Crippen molar-refractivity contribution in [1.82, 2.24) is 15.0 Å². The standard InChI is InChI=1S/C11H14N4/c1-8-3-4-10(6-12-8)7-14-11-13-5-9(2)15-11/h3-6H,7H2,1-2H3,(H2,13,14,15). The van der Waals surface area contributed by atoms with Crippen LogP contribution >= 0.6 is 0 Å². The van der Waals surface area contributed by atoms with E-state index in [4.69, 9.17) is 0 Å². The second-order valence-corrected chi connectivity index (χ2v) is 3.58. The van der Waals surface area contributed by atoms with Gasteiger partial charge in [0.25, 0.3) is 0 Å². The third kappa shape index (κ3) is 2.56. The lowest BCUT2D eigenvalue weighted by molar-refractivity contribution is 1.05. The van der Waals surface area contributed by atoms with Gasteiger partial charge in [-0.3, -0.25) is 4.98 Å². The number of nitrogens with zero attached hydrogens (tertiary/aromatic N) is 2. The highest BCUT2D eigenvalue weighted by molar-refractivity contribution is 5.28. The minimum Gasteiger partial charge on any atom is -0.352 e. The van der Waals surface area contributed by atoms with Crippen LogP contribution in [-0.2, 0) is 6.54 Å². The summed E-state index contributed by atoms with van der Waals surface area (Å²) in [6.07, 6.45) is 3.67. The minimum absolute atomic E-state index is 0.736. The molecule has 2 rings (SSSR count). The predicted molar refractivity (Wildman–Crippen MR) is 59.6 cm³/mol. The molecule has 0 fully saturated rings. The van der Waals surface area contributed by atoms with E-state index in [0.29, 0.717) is 0 Å². The van der Waals surface area contributed by atoms with Gasteiger partial charge in [-0.1, -0.05) is 6.07 Å². The van der Waals surface area contributed by atoms with Crippen molar-refractivity contribution in [3.05, 3.63) is 41.5 Å². The van der Waals surface area contributed by atoms with Gasteiger partial charge in [-0.05, 0) is 25.5 Å². The van der Waals surface area contributed by atoms with E-state index < -0.39 is 0 Å². The van der Waals surface area contributed by atoms with Crippen LogP contribution in [0.3, 0.4) is 0 Å². The predicted octanol–water partition coefficient (Wildman–Crippen LogP) is 2.03. The lowest BCUT2D eigenvalue weighted by atomic mass is 10.2. The van der Waals surface area contributed by atoms with E-state index >= 15 is 0 Å². The maximum Gasteiger partial charge on any atom is 0.200 e. The largest absolute Gasteiger partial charge is 0.352 e. The van der Waals surface area contributed by atoms with Crippen LogP contribution in [0, 0.1) is 13.8 Å². The molecule has 2 aromatic heterocycles. The molecule has 0 amide bonds. The molecule has 78 valence electrons. The van der Waals surface area contributed by atoms with Crippen molar-refractivity contribution < 1.29 is 0 Å². The number of aromatic amines is 1. The Balaban J connectivity index is 1.96. The lowest BCUT2D eigenvalue weighted by Crippen LogP contribution is -2.01. The van der Waals surface area contributed by atoms with Crippen molar-refractivity contribution >= 4 is 5.95 Å². The van der Waals surface area contributed by atoms with Gasteiger partial charge in [0, 0.05) is 30.3 Å². The van der Waals surface area contributed by atoms with Gasteiger partial charge in [0.1, 0.15) is 0 Å². The van der Waals surface area contributed by atoms with Crippen molar-refractivity contribution in [3.8, 4) is 0 Å². The Bertz CT molecular complexity index is 430. The topological polar surface area (TPSA) is 53.6 Å². The zero-order valence-electron chi connectivity index (χ0n) is 8.91. The van der Waals surface area contributed by atoms with E-state index in [1.54, 1.807) is 6.20 Å². The molecule has 0 aliphatic rings. The average Bonchev–Trinajstić information content (AvgIpc) is 2.64. The number of imidazole rings is 1. The zero-order chi connectivity index (χ0) is 10.7. The van der Waals surface area contributed by atoms with Gasteiger partial charge in [-0.25, -0.2) is 4.98 Å². The molecule has 0 aliphatic carbocycles. The number of aromatic nitrogens is 3. The van der Waals surface area contributed by atoms with Gasteiger partial charge in [-0.2, -0.15) is 0 Å². The summed E-state index contributed by atoms with van der Waals surface area (Å²) in [5, 5.41) is 3.19. The van der Waals surface area contributed by atoms with Crippen LogP contribution in [0.1, 0.15) is 17.0 Å². The third-order valence-electron chi connectivity index (χ3n) is 2.14. The number of H-pyrrole nitrogens is 1. The Morgan fingerprint density at radius 3 is 2.67 bits per heavy atom. The Labute approximate surface area is 88.8 Å². The molecule has 4 heteroatoms. The Hall–Kier alpha value is -1.84. The highest BCUT2D eigenvalue weighted by Crippen LogP contribution is 2.04. The average molecular weight is 202 g/mol. The van der Waals surface area contributed by atoms with Crippen LogP contribution in [-0.4, -0.2) is 15.0 Å². The molecule has 0 spiro atoms. The molecule has 2 N–H and O–H groups in total. The molecule has 0 aromatic carbocycles.